The van der Waals surface area contributed by atoms with E-state index in [0.29, 0.717) is 25.4 Å². The van der Waals surface area contributed by atoms with Gasteiger partial charge in [0, 0.05) is 12.6 Å². The summed E-state index contributed by atoms with van der Waals surface area (Å²) in [6, 6.07) is 2.36. The SMILES string of the molecule is COC(=O)C1CC1C(=O)N(CCC#N)C1CC1. The third-order valence-corrected chi connectivity index (χ3v) is 3.35. The molecule has 0 heterocycles. The van der Waals surface area contributed by atoms with Gasteiger partial charge in [-0.3, -0.25) is 9.59 Å². The number of amides is 1. The van der Waals surface area contributed by atoms with Crippen LogP contribution in [0.2, 0.25) is 0 Å². The van der Waals surface area contributed by atoms with Crippen LogP contribution in [0.4, 0.5) is 0 Å². The molecule has 0 spiro atoms. The van der Waals surface area contributed by atoms with Gasteiger partial charge in [-0.05, 0) is 19.3 Å². The van der Waals surface area contributed by atoms with Gasteiger partial charge in [0.05, 0.1) is 31.4 Å². The molecule has 5 heteroatoms. The van der Waals surface area contributed by atoms with Gasteiger partial charge >= 0.3 is 5.97 Å². The minimum Gasteiger partial charge on any atom is -0.469 e. The maximum atomic E-state index is 12.1. The molecule has 5 nitrogen and oxygen atoms in total. The van der Waals surface area contributed by atoms with E-state index in [2.05, 4.69) is 10.8 Å². The lowest BCUT2D eigenvalue weighted by Crippen LogP contribution is -2.35. The summed E-state index contributed by atoms with van der Waals surface area (Å²) in [5.74, 6) is -0.727. The highest BCUT2D eigenvalue weighted by molar-refractivity contribution is 5.90. The van der Waals surface area contributed by atoms with Crippen molar-refractivity contribution in [1.29, 1.82) is 5.26 Å². The predicted octanol–water partition coefficient (Wildman–Crippen LogP) is 0.700. The van der Waals surface area contributed by atoms with Gasteiger partial charge in [0.15, 0.2) is 0 Å². The molecule has 92 valence electrons. The monoisotopic (exact) mass is 236 g/mol. The molecule has 2 atom stereocenters. The van der Waals surface area contributed by atoms with Crippen LogP contribution in [0.5, 0.6) is 0 Å². The van der Waals surface area contributed by atoms with E-state index in [0.717, 1.165) is 12.8 Å². The summed E-state index contributed by atoms with van der Waals surface area (Å²) in [5.41, 5.74) is 0. The van der Waals surface area contributed by atoms with Crippen molar-refractivity contribution in [2.75, 3.05) is 13.7 Å². The molecule has 2 fully saturated rings. The van der Waals surface area contributed by atoms with Gasteiger partial charge in [0.1, 0.15) is 0 Å². The molecule has 0 N–H and O–H groups in total. The van der Waals surface area contributed by atoms with Crippen LogP contribution in [0.1, 0.15) is 25.7 Å². The average molecular weight is 236 g/mol. The Hall–Kier alpha value is -1.57. The molecule has 2 rings (SSSR count). The van der Waals surface area contributed by atoms with Crippen molar-refractivity contribution >= 4 is 11.9 Å². The van der Waals surface area contributed by atoms with Crippen molar-refractivity contribution in [3.05, 3.63) is 0 Å². The second kappa shape index (κ2) is 4.74. The number of carbonyl (C=O) groups is 2. The Bertz CT molecular complexity index is 370. The van der Waals surface area contributed by atoms with Crippen LogP contribution in [0, 0.1) is 23.2 Å². The van der Waals surface area contributed by atoms with Crippen molar-refractivity contribution < 1.29 is 14.3 Å². The summed E-state index contributed by atoms with van der Waals surface area (Å²) in [4.78, 5) is 25.2. The predicted molar refractivity (Wildman–Crippen MR) is 58.6 cm³/mol. The first-order valence-electron chi connectivity index (χ1n) is 5.94. The topological polar surface area (TPSA) is 70.4 Å². The summed E-state index contributed by atoms with van der Waals surface area (Å²) < 4.78 is 4.63. The van der Waals surface area contributed by atoms with E-state index in [9.17, 15) is 9.59 Å². The van der Waals surface area contributed by atoms with Crippen LogP contribution in [-0.2, 0) is 14.3 Å². The normalized spacial score (nSPS) is 25.9. The molecule has 0 bridgehead atoms. The van der Waals surface area contributed by atoms with Crippen molar-refractivity contribution in [1.82, 2.24) is 4.90 Å². The number of rotatable bonds is 5. The summed E-state index contributed by atoms with van der Waals surface area (Å²) >= 11 is 0. The van der Waals surface area contributed by atoms with Crippen LogP contribution >= 0.6 is 0 Å². The fraction of sp³-hybridized carbons (Fsp3) is 0.750. The molecule has 0 saturated heterocycles. The molecule has 0 radical (unpaired) electrons. The molecule has 2 unspecified atom stereocenters. The molecule has 17 heavy (non-hydrogen) atoms. The molecule has 0 aromatic rings. The molecule has 0 aromatic heterocycles. The van der Waals surface area contributed by atoms with Crippen LogP contribution in [-0.4, -0.2) is 36.5 Å². The third-order valence-electron chi connectivity index (χ3n) is 3.35. The fourth-order valence-corrected chi connectivity index (χ4v) is 2.12. The van der Waals surface area contributed by atoms with E-state index in [4.69, 9.17) is 5.26 Å². The van der Waals surface area contributed by atoms with E-state index in [1.807, 2.05) is 0 Å². The van der Waals surface area contributed by atoms with Gasteiger partial charge in [0.2, 0.25) is 5.91 Å². The highest BCUT2D eigenvalue weighted by Crippen LogP contribution is 2.42. The van der Waals surface area contributed by atoms with Crippen molar-refractivity contribution in [2.24, 2.45) is 11.8 Å². The van der Waals surface area contributed by atoms with E-state index >= 15 is 0 Å². The van der Waals surface area contributed by atoms with E-state index < -0.39 is 0 Å². The standard InChI is InChI=1S/C12H16N2O3/c1-17-12(16)10-7-9(10)11(15)14(6-2-5-13)8-3-4-8/h8-10H,2-4,6-7H2,1H3. The number of nitriles is 1. The lowest BCUT2D eigenvalue weighted by Gasteiger charge is -2.21. The Balaban J connectivity index is 1.90. The van der Waals surface area contributed by atoms with Gasteiger partial charge in [-0.25, -0.2) is 0 Å². The molecule has 0 aliphatic heterocycles. The largest absolute Gasteiger partial charge is 0.469 e. The number of carbonyl (C=O) groups excluding carboxylic acids is 2. The zero-order chi connectivity index (χ0) is 12.4. The third kappa shape index (κ3) is 2.57. The van der Waals surface area contributed by atoms with E-state index in [-0.39, 0.29) is 23.7 Å². The maximum absolute atomic E-state index is 12.1. The maximum Gasteiger partial charge on any atom is 0.309 e. The zero-order valence-electron chi connectivity index (χ0n) is 9.89. The van der Waals surface area contributed by atoms with Crippen molar-refractivity contribution in [3.63, 3.8) is 0 Å². The second-order valence-corrected chi connectivity index (χ2v) is 4.64. The van der Waals surface area contributed by atoms with Gasteiger partial charge in [-0.2, -0.15) is 5.26 Å². The van der Waals surface area contributed by atoms with Crippen LogP contribution < -0.4 is 0 Å². The number of methoxy groups -OCH3 is 1. The quantitative estimate of drug-likeness (QED) is 0.659. The first-order valence-corrected chi connectivity index (χ1v) is 5.94. The first kappa shape index (κ1) is 11.9. The molecule has 2 aliphatic carbocycles. The Kier molecular flexibility index (Phi) is 3.32. The number of nitrogens with zero attached hydrogens (tertiary/aromatic N) is 2. The molecule has 2 saturated carbocycles. The summed E-state index contributed by atoms with van der Waals surface area (Å²) in [6.07, 6.45) is 3.00. The van der Waals surface area contributed by atoms with Gasteiger partial charge < -0.3 is 9.64 Å². The average Bonchev–Trinajstić information content (AvgIpc) is 3.18. The first-order chi connectivity index (χ1) is 8.19. The molecule has 1 amide bonds. The lowest BCUT2D eigenvalue weighted by molar-refractivity contribution is -0.145. The molecule has 0 aromatic carbocycles. The second-order valence-electron chi connectivity index (χ2n) is 4.64. The van der Waals surface area contributed by atoms with Crippen LogP contribution in [0.3, 0.4) is 0 Å². The Morgan fingerprint density at radius 1 is 1.41 bits per heavy atom. The smallest absolute Gasteiger partial charge is 0.309 e. The lowest BCUT2D eigenvalue weighted by atomic mass is 10.2. The molecule has 2 aliphatic rings. The Morgan fingerprint density at radius 3 is 2.65 bits per heavy atom. The van der Waals surface area contributed by atoms with Crippen LogP contribution in [0.15, 0.2) is 0 Å². The van der Waals surface area contributed by atoms with Crippen LogP contribution in [0.25, 0.3) is 0 Å². The summed E-state index contributed by atoms with van der Waals surface area (Å²) in [7, 11) is 1.34. The number of ether oxygens (including phenoxy) is 1. The molecular formula is C12H16N2O3. The summed E-state index contributed by atoms with van der Waals surface area (Å²) in [5, 5.41) is 8.57. The van der Waals surface area contributed by atoms with Crippen molar-refractivity contribution in [3.8, 4) is 6.07 Å². The van der Waals surface area contributed by atoms with Gasteiger partial charge in [-0.15, -0.1) is 0 Å². The Morgan fingerprint density at radius 2 is 2.12 bits per heavy atom. The number of hydrogen-bond acceptors (Lipinski definition) is 4. The van der Waals surface area contributed by atoms with Gasteiger partial charge in [-0.1, -0.05) is 0 Å². The minimum atomic E-state index is -0.292. The highest BCUT2D eigenvalue weighted by atomic mass is 16.5. The fourth-order valence-electron chi connectivity index (χ4n) is 2.12. The van der Waals surface area contributed by atoms with Crippen molar-refractivity contribution in [2.45, 2.75) is 31.7 Å². The minimum absolute atomic E-state index is 0.0261. The summed E-state index contributed by atoms with van der Waals surface area (Å²) in [6.45, 7) is 0.490. The zero-order valence-corrected chi connectivity index (χ0v) is 9.89. The van der Waals surface area contributed by atoms with Gasteiger partial charge in [0.25, 0.3) is 0 Å². The highest BCUT2D eigenvalue weighted by Gasteiger charge is 2.51. The molecular weight excluding hydrogens is 220 g/mol. The number of esters is 1. The van der Waals surface area contributed by atoms with E-state index in [1.54, 1.807) is 4.90 Å². The Labute approximate surface area is 100 Å². The number of hydrogen-bond donors (Lipinski definition) is 0. The van der Waals surface area contributed by atoms with E-state index in [1.165, 1.54) is 7.11 Å².